The number of aromatic nitrogens is 4. The first kappa shape index (κ1) is 19.2. The van der Waals surface area contributed by atoms with Crippen LogP contribution in [0.5, 0.6) is 0 Å². The molecular formula is C16H22N6O4. The summed E-state index contributed by atoms with van der Waals surface area (Å²) in [6, 6.07) is 1.36. The van der Waals surface area contributed by atoms with Gasteiger partial charge in [0.05, 0.1) is 5.69 Å². The number of aryl methyl sites for hydroxylation is 2. The van der Waals surface area contributed by atoms with Crippen LogP contribution in [0.1, 0.15) is 47.7 Å². The van der Waals surface area contributed by atoms with Gasteiger partial charge in [0.15, 0.2) is 11.4 Å². The van der Waals surface area contributed by atoms with Gasteiger partial charge in [0.25, 0.3) is 5.91 Å². The summed E-state index contributed by atoms with van der Waals surface area (Å²) in [4.78, 5) is 35.1. The summed E-state index contributed by atoms with van der Waals surface area (Å²) in [5.74, 6) is -1.78. The van der Waals surface area contributed by atoms with Crippen LogP contribution in [0.4, 0.5) is 5.69 Å². The Bertz CT molecular complexity index is 795. The van der Waals surface area contributed by atoms with Crippen molar-refractivity contribution in [3.8, 4) is 0 Å². The topological polar surface area (TPSA) is 131 Å². The minimum atomic E-state index is -1.12. The molecule has 3 N–H and O–H groups in total. The summed E-state index contributed by atoms with van der Waals surface area (Å²) in [7, 11) is 0. The highest BCUT2D eigenvalue weighted by Gasteiger charge is 2.18. The predicted octanol–water partition coefficient (Wildman–Crippen LogP) is 0.966. The van der Waals surface area contributed by atoms with Crippen LogP contribution in [-0.2, 0) is 17.9 Å². The van der Waals surface area contributed by atoms with Gasteiger partial charge < -0.3 is 15.7 Å². The molecule has 2 heterocycles. The highest BCUT2D eigenvalue weighted by Crippen LogP contribution is 2.14. The Morgan fingerprint density at radius 1 is 1.19 bits per heavy atom. The van der Waals surface area contributed by atoms with Crippen molar-refractivity contribution in [1.29, 1.82) is 0 Å². The Labute approximate surface area is 150 Å². The average molecular weight is 362 g/mol. The fourth-order valence-electron chi connectivity index (χ4n) is 2.19. The molecular weight excluding hydrogens is 340 g/mol. The van der Waals surface area contributed by atoms with E-state index in [1.165, 1.54) is 16.9 Å². The van der Waals surface area contributed by atoms with E-state index in [1.807, 2.05) is 13.8 Å². The van der Waals surface area contributed by atoms with E-state index in [0.29, 0.717) is 18.8 Å². The number of hydrogen-bond donors (Lipinski definition) is 3. The molecule has 0 aromatic carbocycles. The predicted molar refractivity (Wildman–Crippen MR) is 93.0 cm³/mol. The average Bonchev–Trinajstić information content (AvgIpc) is 3.24. The summed E-state index contributed by atoms with van der Waals surface area (Å²) in [6.45, 7) is 5.13. The number of carbonyl (C=O) groups is 3. The second-order valence-corrected chi connectivity index (χ2v) is 5.57. The monoisotopic (exact) mass is 362 g/mol. The van der Waals surface area contributed by atoms with E-state index in [0.717, 1.165) is 6.42 Å². The largest absolute Gasteiger partial charge is 0.476 e. The molecule has 0 spiro atoms. The summed E-state index contributed by atoms with van der Waals surface area (Å²) in [5, 5.41) is 22.3. The molecule has 0 aliphatic rings. The zero-order chi connectivity index (χ0) is 19.1. The number of carbonyl (C=O) groups excluding carboxylic acids is 2. The van der Waals surface area contributed by atoms with Crippen molar-refractivity contribution in [2.45, 2.75) is 39.8 Å². The molecule has 140 valence electrons. The van der Waals surface area contributed by atoms with Gasteiger partial charge in [0, 0.05) is 38.4 Å². The number of hydrogen-bond acceptors (Lipinski definition) is 5. The van der Waals surface area contributed by atoms with Crippen LogP contribution in [0, 0.1) is 0 Å². The minimum absolute atomic E-state index is 0.0774. The molecule has 2 aromatic rings. The maximum absolute atomic E-state index is 12.2. The van der Waals surface area contributed by atoms with E-state index in [9.17, 15) is 14.4 Å². The fraction of sp³-hybridized carbons (Fsp3) is 0.438. The lowest BCUT2D eigenvalue weighted by Crippen LogP contribution is -2.26. The van der Waals surface area contributed by atoms with E-state index in [-0.39, 0.29) is 36.2 Å². The van der Waals surface area contributed by atoms with Crippen LogP contribution in [-0.4, -0.2) is 49.0 Å². The van der Waals surface area contributed by atoms with Crippen molar-refractivity contribution < 1.29 is 19.5 Å². The molecule has 0 bridgehead atoms. The molecule has 0 aliphatic carbocycles. The quantitative estimate of drug-likeness (QED) is 0.609. The molecule has 2 rings (SSSR count). The standard InChI is InChI=1S/C16H22N6O4/c1-3-7-17-15(24)14-12(10-21(4-2)20-14)18-13(23)6-9-22-8-5-11(19-22)16(25)26/h5,8,10H,3-4,6-7,9H2,1-2H3,(H,17,24)(H,18,23)(H,25,26). The van der Waals surface area contributed by atoms with Crippen molar-refractivity contribution in [3.05, 3.63) is 29.8 Å². The van der Waals surface area contributed by atoms with Crippen molar-refractivity contribution in [1.82, 2.24) is 24.9 Å². The van der Waals surface area contributed by atoms with E-state index < -0.39 is 5.97 Å². The Morgan fingerprint density at radius 2 is 1.96 bits per heavy atom. The molecule has 0 saturated heterocycles. The third-order valence-electron chi connectivity index (χ3n) is 3.54. The first-order valence-electron chi connectivity index (χ1n) is 8.36. The summed E-state index contributed by atoms with van der Waals surface area (Å²) in [5.41, 5.74) is 0.433. The molecule has 0 fully saturated rings. The second-order valence-electron chi connectivity index (χ2n) is 5.57. The lowest BCUT2D eigenvalue weighted by Gasteiger charge is -2.06. The molecule has 10 heteroatoms. The van der Waals surface area contributed by atoms with Gasteiger partial charge >= 0.3 is 5.97 Å². The number of carboxylic acid groups (broad SMARTS) is 1. The molecule has 0 saturated carbocycles. The minimum Gasteiger partial charge on any atom is -0.476 e. The lowest BCUT2D eigenvalue weighted by molar-refractivity contribution is -0.116. The van der Waals surface area contributed by atoms with Crippen LogP contribution in [0.15, 0.2) is 18.5 Å². The summed E-state index contributed by atoms with van der Waals surface area (Å²) < 4.78 is 2.95. The van der Waals surface area contributed by atoms with Crippen molar-refractivity contribution >= 4 is 23.5 Å². The summed E-state index contributed by atoms with van der Waals surface area (Å²) in [6.07, 6.45) is 3.98. The Morgan fingerprint density at radius 3 is 2.58 bits per heavy atom. The van der Waals surface area contributed by atoms with Gasteiger partial charge in [-0.05, 0) is 19.4 Å². The first-order chi connectivity index (χ1) is 12.4. The van der Waals surface area contributed by atoms with Gasteiger partial charge in [-0.25, -0.2) is 4.79 Å². The van der Waals surface area contributed by atoms with Crippen LogP contribution in [0.25, 0.3) is 0 Å². The van der Waals surface area contributed by atoms with Gasteiger partial charge in [-0.15, -0.1) is 0 Å². The van der Waals surface area contributed by atoms with Crippen molar-refractivity contribution in [2.24, 2.45) is 0 Å². The molecule has 2 aromatic heterocycles. The normalized spacial score (nSPS) is 10.5. The SMILES string of the molecule is CCCNC(=O)c1nn(CC)cc1NC(=O)CCn1ccc(C(=O)O)n1. The van der Waals surface area contributed by atoms with E-state index in [2.05, 4.69) is 20.8 Å². The number of aromatic carboxylic acids is 1. The molecule has 0 unspecified atom stereocenters. The lowest BCUT2D eigenvalue weighted by atomic mass is 10.3. The third kappa shape index (κ3) is 4.91. The highest BCUT2D eigenvalue weighted by atomic mass is 16.4. The first-order valence-corrected chi connectivity index (χ1v) is 8.36. The van der Waals surface area contributed by atoms with Crippen LogP contribution in [0.2, 0.25) is 0 Å². The Kier molecular flexibility index (Phi) is 6.48. The van der Waals surface area contributed by atoms with E-state index in [4.69, 9.17) is 5.11 Å². The maximum Gasteiger partial charge on any atom is 0.356 e. The fourth-order valence-corrected chi connectivity index (χ4v) is 2.19. The highest BCUT2D eigenvalue weighted by molar-refractivity contribution is 6.02. The zero-order valence-electron chi connectivity index (χ0n) is 14.7. The molecule has 0 radical (unpaired) electrons. The molecule has 0 atom stereocenters. The van der Waals surface area contributed by atoms with Crippen molar-refractivity contribution in [2.75, 3.05) is 11.9 Å². The van der Waals surface area contributed by atoms with Crippen LogP contribution >= 0.6 is 0 Å². The zero-order valence-corrected chi connectivity index (χ0v) is 14.7. The Balaban J connectivity index is 1.99. The Hall–Kier alpha value is -3.17. The van der Waals surface area contributed by atoms with Crippen LogP contribution < -0.4 is 10.6 Å². The number of amides is 2. The van der Waals surface area contributed by atoms with Gasteiger partial charge in [0.1, 0.15) is 0 Å². The number of carboxylic acids is 1. The van der Waals surface area contributed by atoms with Gasteiger partial charge in [-0.2, -0.15) is 10.2 Å². The summed E-state index contributed by atoms with van der Waals surface area (Å²) >= 11 is 0. The van der Waals surface area contributed by atoms with E-state index in [1.54, 1.807) is 10.9 Å². The second kappa shape index (κ2) is 8.79. The van der Waals surface area contributed by atoms with Gasteiger partial charge in [-0.3, -0.25) is 19.0 Å². The molecule has 26 heavy (non-hydrogen) atoms. The van der Waals surface area contributed by atoms with Gasteiger partial charge in [-0.1, -0.05) is 6.92 Å². The molecule has 0 aliphatic heterocycles. The number of nitrogens with one attached hydrogen (secondary N) is 2. The maximum atomic E-state index is 12.2. The third-order valence-corrected chi connectivity index (χ3v) is 3.54. The van der Waals surface area contributed by atoms with Crippen LogP contribution in [0.3, 0.4) is 0 Å². The van der Waals surface area contributed by atoms with Gasteiger partial charge in [0.2, 0.25) is 5.91 Å². The molecule has 2 amide bonds. The van der Waals surface area contributed by atoms with E-state index >= 15 is 0 Å². The number of nitrogens with zero attached hydrogens (tertiary/aromatic N) is 4. The smallest absolute Gasteiger partial charge is 0.356 e. The molecule has 10 nitrogen and oxygen atoms in total. The number of anilines is 1. The number of rotatable bonds is 9. The van der Waals surface area contributed by atoms with Crippen molar-refractivity contribution in [3.63, 3.8) is 0 Å².